The topological polar surface area (TPSA) is 126 Å². The number of anilines is 1. The van der Waals surface area contributed by atoms with Gasteiger partial charge in [-0.05, 0) is 42.0 Å². The Morgan fingerprint density at radius 2 is 2.04 bits per heavy atom. The van der Waals surface area contributed by atoms with Crippen molar-refractivity contribution in [2.45, 2.75) is 0 Å². The molecule has 0 aromatic heterocycles. The number of hydrogen-bond donors (Lipinski definition) is 2. The van der Waals surface area contributed by atoms with Crippen molar-refractivity contribution in [1.29, 1.82) is 0 Å². The van der Waals surface area contributed by atoms with Gasteiger partial charge >= 0.3 is 0 Å². The molecule has 0 fully saturated rings. The zero-order valence-corrected chi connectivity index (χ0v) is 14.4. The molecule has 0 unspecified atom stereocenters. The molecule has 3 N–H and O–H groups in total. The quantitative estimate of drug-likeness (QED) is 0.523. The Labute approximate surface area is 154 Å². The van der Waals surface area contributed by atoms with Crippen LogP contribution >= 0.6 is 11.6 Å². The average molecular weight is 377 g/mol. The second-order valence-corrected chi connectivity index (χ2v) is 5.42. The van der Waals surface area contributed by atoms with Gasteiger partial charge in [0.2, 0.25) is 0 Å². The molecule has 0 aliphatic carbocycles. The molecule has 0 spiro atoms. The predicted octanol–water partition coefficient (Wildman–Crippen LogP) is 1.02. The lowest BCUT2D eigenvalue weighted by molar-refractivity contribution is -0.255. The second kappa shape index (κ2) is 8.72. The van der Waals surface area contributed by atoms with Gasteiger partial charge in [-0.3, -0.25) is 10.2 Å². The van der Waals surface area contributed by atoms with Crippen molar-refractivity contribution < 1.29 is 24.2 Å². The first-order chi connectivity index (χ1) is 12.4. The number of carbonyl (C=O) groups excluding carboxylic acids is 2. The first-order valence-corrected chi connectivity index (χ1v) is 7.67. The number of benzene rings is 2. The molecule has 8 nitrogen and oxygen atoms in total. The van der Waals surface area contributed by atoms with Gasteiger partial charge in [-0.15, -0.1) is 0 Å². The van der Waals surface area contributed by atoms with Crippen molar-refractivity contribution in [2.75, 3.05) is 19.1 Å². The molecule has 1 amide bonds. The first-order valence-electron chi connectivity index (χ1n) is 7.30. The lowest BCUT2D eigenvalue weighted by Crippen LogP contribution is -2.22. The number of carboxylic acid groups (broad SMARTS) is 1. The third-order valence-electron chi connectivity index (χ3n) is 3.15. The van der Waals surface area contributed by atoms with Gasteiger partial charge in [-0.2, -0.15) is 5.10 Å². The van der Waals surface area contributed by atoms with Gasteiger partial charge < -0.3 is 25.1 Å². The fraction of sp³-hybridized carbons (Fsp3) is 0.118. The van der Waals surface area contributed by atoms with E-state index in [1.54, 1.807) is 24.3 Å². The molecule has 0 heterocycles. The summed E-state index contributed by atoms with van der Waals surface area (Å²) in [5.74, 6) is -1.20. The zero-order chi connectivity index (χ0) is 19.1. The third kappa shape index (κ3) is 5.12. The minimum absolute atomic E-state index is 0.0795. The Balaban J connectivity index is 2.09. The van der Waals surface area contributed by atoms with Crippen molar-refractivity contribution in [1.82, 2.24) is 0 Å². The van der Waals surface area contributed by atoms with Crippen LogP contribution < -0.4 is 25.7 Å². The van der Waals surface area contributed by atoms with Crippen LogP contribution in [0.25, 0.3) is 0 Å². The van der Waals surface area contributed by atoms with Gasteiger partial charge in [0.25, 0.3) is 5.91 Å². The van der Waals surface area contributed by atoms with Gasteiger partial charge in [-0.25, -0.2) is 0 Å². The standard InChI is InChI=1S/C17H16ClN3O5/c1-25-15-6-10(2-5-14(15)26-9-16(19)22)8-20-21-11-3-4-13(18)12(7-11)17(23)24/h2-8,21H,9H2,1H3,(H2,19,22)(H,23,24)/p-1/b20-8-. The summed E-state index contributed by atoms with van der Waals surface area (Å²) < 4.78 is 10.4. The Kier molecular flexibility index (Phi) is 6.40. The highest BCUT2D eigenvalue weighted by Gasteiger charge is 2.07. The number of methoxy groups -OCH3 is 1. The van der Waals surface area contributed by atoms with E-state index in [-0.39, 0.29) is 17.2 Å². The number of nitrogens with two attached hydrogens (primary N) is 1. The van der Waals surface area contributed by atoms with Gasteiger partial charge in [0.05, 0.1) is 25.0 Å². The molecule has 0 aliphatic heterocycles. The molecule has 0 bridgehead atoms. The van der Waals surface area contributed by atoms with Crippen LogP contribution in [0.5, 0.6) is 11.5 Å². The van der Waals surface area contributed by atoms with Crippen LogP contribution in [0.3, 0.4) is 0 Å². The van der Waals surface area contributed by atoms with Gasteiger partial charge in [0.15, 0.2) is 18.1 Å². The Morgan fingerprint density at radius 3 is 2.69 bits per heavy atom. The summed E-state index contributed by atoms with van der Waals surface area (Å²) in [6, 6.07) is 9.27. The minimum atomic E-state index is -1.38. The summed E-state index contributed by atoms with van der Waals surface area (Å²) in [7, 11) is 1.46. The van der Waals surface area contributed by atoms with E-state index in [0.29, 0.717) is 22.7 Å². The maximum Gasteiger partial charge on any atom is 0.255 e. The number of nitrogens with one attached hydrogen (secondary N) is 1. The molecule has 2 aromatic rings. The molecular weight excluding hydrogens is 362 g/mol. The smallest absolute Gasteiger partial charge is 0.255 e. The summed E-state index contributed by atoms with van der Waals surface area (Å²) >= 11 is 5.77. The van der Waals surface area contributed by atoms with E-state index in [0.717, 1.165) is 0 Å². The number of amides is 1. The fourth-order valence-corrected chi connectivity index (χ4v) is 2.16. The highest BCUT2D eigenvalue weighted by Crippen LogP contribution is 2.27. The van der Waals surface area contributed by atoms with Gasteiger partial charge in [0, 0.05) is 10.6 Å². The molecule has 9 heteroatoms. The van der Waals surface area contributed by atoms with E-state index < -0.39 is 11.9 Å². The lowest BCUT2D eigenvalue weighted by Gasteiger charge is -2.10. The first kappa shape index (κ1) is 19.1. The van der Waals surface area contributed by atoms with E-state index >= 15 is 0 Å². The van der Waals surface area contributed by atoms with Crippen molar-refractivity contribution >= 4 is 35.4 Å². The molecule has 0 aliphatic rings. The van der Waals surface area contributed by atoms with Crippen molar-refractivity contribution in [3.05, 3.63) is 52.5 Å². The highest BCUT2D eigenvalue weighted by atomic mass is 35.5. The zero-order valence-electron chi connectivity index (χ0n) is 13.7. The number of rotatable bonds is 8. The van der Waals surface area contributed by atoms with Crippen LogP contribution in [0.15, 0.2) is 41.5 Å². The number of ether oxygens (including phenoxy) is 2. The second-order valence-electron chi connectivity index (χ2n) is 5.02. The van der Waals surface area contributed by atoms with E-state index in [1.165, 1.54) is 25.5 Å². The molecule has 26 heavy (non-hydrogen) atoms. The van der Waals surface area contributed by atoms with Crippen LogP contribution in [-0.4, -0.2) is 31.8 Å². The maximum atomic E-state index is 11.0. The minimum Gasteiger partial charge on any atom is -0.545 e. The molecular formula is C17H15ClN3O5-. The number of carboxylic acids is 1. The Hall–Kier alpha value is -3.26. The average Bonchev–Trinajstić information content (AvgIpc) is 2.61. The van der Waals surface area contributed by atoms with Gasteiger partial charge in [-0.1, -0.05) is 11.6 Å². The van der Waals surface area contributed by atoms with Crippen LogP contribution in [0.1, 0.15) is 15.9 Å². The van der Waals surface area contributed by atoms with Crippen LogP contribution in [0.2, 0.25) is 5.02 Å². The van der Waals surface area contributed by atoms with Crippen LogP contribution in [0.4, 0.5) is 5.69 Å². The van der Waals surface area contributed by atoms with Crippen LogP contribution in [0, 0.1) is 0 Å². The summed E-state index contributed by atoms with van der Waals surface area (Å²) in [4.78, 5) is 21.7. The SMILES string of the molecule is COc1cc(/C=N\Nc2ccc(Cl)c(C(=O)[O-])c2)ccc1OCC(N)=O. The van der Waals surface area contributed by atoms with Crippen molar-refractivity contribution in [3.63, 3.8) is 0 Å². The number of halogens is 1. The Morgan fingerprint density at radius 1 is 1.27 bits per heavy atom. The fourth-order valence-electron chi connectivity index (χ4n) is 1.97. The largest absolute Gasteiger partial charge is 0.545 e. The Bertz CT molecular complexity index is 854. The molecule has 2 aromatic carbocycles. The monoisotopic (exact) mass is 376 g/mol. The number of hydrazone groups is 1. The van der Waals surface area contributed by atoms with E-state index in [2.05, 4.69) is 10.5 Å². The molecule has 136 valence electrons. The summed E-state index contributed by atoms with van der Waals surface area (Å²) in [6.07, 6.45) is 1.49. The number of primary amides is 1. The van der Waals surface area contributed by atoms with E-state index in [4.69, 9.17) is 26.8 Å². The summed E-state index contributed by atoms with van der Waals surface area (Å²) in [5.41, 5.74) is 8.70. The summed E-state index contributed by atoms with van der Waals surface area (Å²) in [6.45, 7) is -0.261. The molecule has 0 saturated carbocycles. The summed E-state index contributed by atoms with van der Waals surface area (Å²) in [5, 5.41) is 15.0. The van der Waals surface area contributed by atoms with Crippen molar-refractivity contribution in [3.8, 4) is 11.5 Å². The van der Waals surface area contributed by atoms with E-state index in [1.807, 2.05) is 0 Å². The van der Waals surface area contributed by atoms with E-state index in [9.17, 15) is 14.7 Å². The number of carbonyl (C=O) groups is 2. The normalized spacial score (nSPS) is 10.5. The predicted molar refractivity (Wildman–Crippen MR) is 94.7 cm³/mol. The van der Waals surface area contributed by atoms with Crippen LogP contribution in [-0.2, 0) is 4.79 Å². The third-order valence-corrected chi connectivity index (χ3v) is 3.48. The molecule has 0 radical (unpaired) electrons. The molecule has 0 atom stereocenters. The lowest BCUT2D eigenvalue weighted by atomic mass is 10.2. The molecule has 0 saturated heterocycles. The highest BCUT2D eigenvalue weighted by molar-refractivity contribution is 6.33. The maximum absolute atomic E-state index is 11.0. The number of aromatic carboxylic acids is 1. The number of hydrogen-bond acceptors (Lipinski definition) is 7. The van der Waals surface area contributed by atoms with Gasteiger partial charge in [0.1, 0.15) is 0 Å². The van der Waals surface area contributed by atoms with Crippen molar-refractivity contribution in [2.24, 2.45) is 10.8 Å². The number of nitrogens with zero attached hydrogens (tertiary/aromatic N) is 1. The molecule has 2 rings (SSSR count).